The van der Waals surface area contributed by atoms with E-state index in [0.717, 1.165) is 35.7 Å². The average Bonchev–Trinajstić information content (AvgIpc) is 3.15. The van der Waals surface area contributed by atoms with Crippen molar-refractivity contribution >= 4 is 5.69 Å². The minimum Gasteiger partial charge on any atom is -0.444 e. The van der Waals surface area contributed by atoms with E-state index in [4.69, 9.17) is 4.42 Å². The van der Waals surface area contributed by atoms with Crippen LogP contribution in [0, 0.1) is 0 Å². The zero-order valence-corrected chi connectivity index (χ0v) is 12.2. The molecule has 1 N–H and O–H groups in total. The summed E-state index contributed by atoms with van der Waals surface area (Å²) in [7, 11) is 1.95. The van der Waals surface area contributed by atoms with Crippen molar-refractivity contribution in [1.29, 1.82) is 0 Å². The van der Waals surface area contributed by atoms with Crippen LogP contribution in [0.15, 0.2) is 47.5 Å². The minimum atomic E-state index is 0.776. The molecule has 3 rings (SSSR count). The summed E-state index contributed by atoms with van der Waals surface area (Å²) in [5.41, 5.74) is 4.47. The van der Waals surface area contributed by atoms with Crippen LogP contribution < -0.4 is 5.32 Å². The normalized spacial score (nSPS) is 10.8. The molecule has 0 amide bonds. The third kappa shape index (κ3) is 2.97. The number of nitrogens with one attached hydrogen (secondary N) is 1. The Morgan fingerprint density at radius 1 is 1.24 bits per heavy atom. The molecule has 21 heavy (non-hydrogen) atoms. The maximum absolute atomic E-state index is 5.28. The van der Waals surface area contributed by atoms with Crippen LogP contribution in [0.3, 0.4) is 0 Å². The van der Waals surface area contributed by atoms with Crippen molar-refractivity contribution in [2.24, 2.45) is 7.05 Å². The largest absolute Gasteiger partial charge is 0.444 e. The quantitative estimate of drug-likeness (QED) is 0.780. The van der Waals surface area contributed by atoms with Crippen molar-refractivity contribution in [1.82, 2.24) is 14.8 Å². The van der Waals surface area contributed by atoms with E-state index >= 15 is 0 Å². The van der Waals surface area contributed by atoms with Crippen molar-refractivity contribution in [2.45, 2.75) is 19.9 Å². The third-order valence-electron chi connectivity index (χ3n) is 3.41. The first-order chi connectivity index (χ1) is 10.3. The predicted molar refractivity (Wildman–Crippen MR) is 81.9 cm³/mol. The molecule has 0 spiro atoms. The second-order valence-corrected chi connectivity index (χ2v) is 4.92. The number of hydrogen-bond acceptors (Lipinski definition) is 4. The molecule has 0 radical (unpaired) electrons. The van der Waals surface area contributed by atoms with E-state index in [9.17, 15) is 0 Å². The first-order valence-corrected chi connectivity index (χ1v) is 7.00. The van der Waals surface area contributed by atoms with Gasteiger partial charge >= 0.3 is 0 Å². The Kier molecular flexibility index (Phi) is 3.73. The summed E-state index contributed by atoms with van der Waals surface area (Å²) in [6.45, 7) is 2.90. The van der Waals surface area contributed by atoms with Crippen LogP contribution in [0.1, 0.15) is 18.2 Å². The van der Waals surface area contributed by atoms with Gasteiger partial charge in [-0.25, -0.2) is 4.98 Å². The topological polar surface area (TPSA) is 55.9 Å². The van der Waals surface area contributed by atoms with Crippen LogP contribution in [-0.2, 0) is 20.0 Å². The number of oxazole rings is 1. The molecule has 1 aromatic carbocycles. The van der Waals surface area contributed by atoms with Crippen molar-refractivity contribution in [2.75, 3.05) is 5.32 Å². The van der Waals surface area contributed by atoms with Crippen molar-refractivity contribution in [3.63, 3.8) is 0 Å². The Hall–Kier alpha value is -2.56. The number of aromatic nitrogens is 3. The highest BCUT2D eigenvalue weighted by atomic mass is 16.3. The fourth-order valence-corrected chi connectivity index (χ4v) is 2.34. The Labute approximate surface area is 123 Å². The molecule has 0 aliphatic rings. The van der Waals surface area contributed by atoms with Gasteiger partial charge in [-0.3, -0.25) is 4.68 Å². The minimum absolute atomic E-state index is 0.776. The van der Waals surface area contributed by atoms with E-state index in [1.807, 2.05) is 36.0 Å². The lowest BCUT2D eigenvalue weighted by atomic mass is 10.1. The molecule has 2 heterocycles. The number of aryl methyl sites for hydroxylation is 2. The number of anilines is 1. The van der Waals surface area contributed by atoms with Gasteiger partial charge in [0.25, 0.3) is 0 Å². The van der Waals surface area contributed by atoms with Gasteiger partial charge in [0.2, 0.25) is 0 Å². The van der Waals surface area contributed by atoms with E-state index < -0.39 is 0 Å². The van der Waals surface area contributed by atoms with Gasteiger partial charge in [0.1, 0.15) is 0 Å². The fraction of sp³-hybridized carbons (Fsp3) is 0.250. The van der Waals surface area contributed by atoms with E-state index in [-0.39, 0.29) is 0 Å². The highest BCUT2D eigenvalue weighted by Gasteiger charge is 2.06. The second-order valence-electron chi connectivity index (χ2n) is 4.92. The Morgan fingerprint density at radius 2 is 2.05 bits per heavy atom. The molecule has 5 nitrogen and oxygen atoms in total. The van der Waals surface area contributed by atoms with Crippen LogP contribution in [0.5, 0.6) is 0 Å². The zero-order valence-electron chi connectivity index (χ0n) is 12.2. The monoisotopic (exact) mass is 282 g/mol. The van der Waals surface area contributed by atoms with Crippen LogP contribution in [0.25, 0.3) is 11.3 Å². The molecule has 3 aromatic rings. The molecule has 0 bridgehead atoms. The lowest BCUT2D eigenvalue weighted by Crippen LogP contribution is -2.00. The van der Waals surface area contributed by atoms with Crippen molar-refractivity contribution in [3.05, 3.63) is 54.3 Å². The maximum atomic E-state index is 5.28. The molecule has 0 unspecified atom stereocenters. The van der Waals surface area contributed by atoms with Gasteiger partial charge in [-0.1, -0.05) is 6.92 Å². The molecule has 108 valence electrons. The number of nitrogens with zero attached hydrogens (tertiary/aromatic N) is 3. The van der Waals surface area contributed by atoms with Crippen LogP contribution in [0.4, 0.5) is 5.69 Å². The van der Waals surface area contributed by atoms with E-state index in [1.54, 1.807) is 6.20 Å². The lowest BCUT2D eigenvalue weighted by molar-refractivity contribution is 0.572. The van der Waals surface area contributed by atoms with Gasteiger partial charge in [0, 0.05) is 36.6 Å². The number of hydrogen-bond donors (Lipinski definition) is 1. The second kappa shape index (κ2) is 5.83. The summed E-state index contributed by atoms with van der Waals surface area (Å²) >= 11 is 0. The highest BCUT2D eigenvalue weighted by Crippen LogP contribution is 2.21. The zero-order chi connectivity index (χ0) is 14.7. The van der Waals surface area contributed by atoms with E-state index in [0.29, 0.717) is 0 Å². The van der Waals surface area contributed by atoms with Gasteiger partial charge in [0.15, 0.2) is 12.2 Å². The molecule has 0 aliphatic heterocycles. The molecule has 0 saturated carbocycles. The summed E-state index contributed by atoms with van der Waals surface area (Å²) in [5, 5.41) is 7.87. The summed E-state index contributed by atoms with van der Waals surface area (Å²) in [4.78, 5) is 3.93. The summed E-state index contributed by atoms with van der Waals surface area (Å²) < 4.78 is 7.14. The van der Waals surface area contributed by atoms with Crippen LogP contribution in [0.2, 0.25) is 0 Å². The molecule has 0 saturated heterocycles. The van der Waals surface area contributed by atoms with Gasteiger partial charge < -0.3 is 9.73 Å². The van der Waals surface area contributed by atoms with Gasteiger partial charge in [-0.15, -0.1) is 0 Å². The standard InChI is InChI=1S/C16H18N4O/c1-3-15-13(10-20(2)19-15)8-18-14-6-4-12(5-7-14)16-9-17-11-21-16/h4-7,9-11,18H,3,8H2,1-2H3. The van der Waals surface area contributed by atoms with Crippen molar-refractivity contribution < 1.29 is 4.42 Å². The van der Waals surface area contributed by atoms with Crippen molar-refractivity contribution in [3.8, 4) is 11.3 Å². The Balaban J connectivity index is 1.68. The first kappa shape index (κ1) is 13.4. The van der Waals surface area contributed by atoms with Gasteiger partial charge in [-0.2, -0.15) is 5.10 Å². The van der Waals surface area contributed by atoms with Crippen LogP contribution in [-0.4, -0.2) is 14.8 Å². The molecule has 0 aliphatic carbocycles. The first-order valence-electron chi connectivity index (χ1n) is 7.00. The average molecular weight is 282 g/mol. The molecular weight excluding hydrogens is 264 g/mol. The summed E-state index contributed by atoms with van der Waals surface area (Å²) in [6.07, 6.45) is 6.17. The smallest absolute Gasteiger partial charge is 0.181 e. The van der Waals surface area contributed by atoms with Gasteiger partial charge in [-0.05, 0) is 30.7 Å². The van der Waals surface area contributed by atoms with Gasteiger partial charge in [0.05, 0.1) is 11.9 Å². The lowest BCUT2D eigenvalue weighted by Gasteiger charge is -2.06. The van der Waals surface area contributed by atoms with E-state index in [2.05, 4.69) is 28.5 Å². The molecule has 5 heteroatoms. The fourth-order valence-electron chi connectivity index (χ4n) is 2.34. The maximum Gasteiger partial charge on any atom is 0.181 e. The molecule has 2 aromatic heterocycles. The SMILES string of the molecule is CCc1nn(C)cc1CNc1ccc(-c2cnco2)cc1. The number of rotatable bonds is 5. The molecule has 0 fully saturated rings. The predicted octanol–water partition coefficient (Wildman–Crippen LogP) is 3.25. The summed E-state index contributed by atoms with van der Waals surface area (Å²) in [5.74, 6) is 0.780. The van der Waals surface area contributed by atoms with Crippen LogP contribution >= 0.6 is 0 Å². The molecule has 0 atom stereocenters. The van der Waals surface area contributed by atoms with E-state index in [1.165, 1.54) is 12.0 Å². The number of benzene rings is 1. The third-order valence-corrected chi connectivity index (χ3v) is 3.41. The molecular formula is C16H18N4O. The summed E-state index contributed by atoms with van der Waals surface area (Å²) in [6, 6.07) is 8.12. The Morgan fingerprint density at radius 3 is 2.71 bits per heavy atom. The Bertz CT molecular complexity index is 698. The highest BCUT2D eigenvalue weighted by molar-refractivity contribution is 5.60.